The zero-order valence-electron chi connectivity index (χ0n) is 10.1. The van der Waals surface area contributed by atoms with Gasteiger partial charge in [0.15, 0.2) is 5.75 Å². The molecule has 0 saturated carbocycles. The van der Waals surface area contributed by atoms with Crippen molar-refractivity contribution in [1.82, 2.24) is 4.98 Å². The number of benzene rings is 1. The first-order valence-electron chi connectivity index (χ1n) is 5.90. The van der Waals surface area contributed by atoms with Gasteiger partial charge in [-0.2, -0.15) is 0 Å². The van der Waals surface area contributed by atoms with Crippen molar-refractivity contribution in [3.8, 4) is 5.75 Å². The van der Waals surface area contributed by atoms with Gasteiger partial charge in [0.1, 0.15) is 10.7 Å². The van der Waals surface area contributed by atoms with Crippen LogP contribution in [0.25, 0.3) is 10.9 Å². The number of halogens is 3. The van der Waals surface area contributed by atoms with Crippen LogP contribution in [0, 0.1) is 0 Å². The lowest BCUT2D eigenvalue weighted by Gasteiger charge is -2.12. The highest BCUT2D eigenvalue weighted by molar-refractivity contribution is 9.11. The van der Waals surface area contributed by atoms with Crippen molar-refractivity contribution in [2.75, 3.05) is 13.2 Å². The Labute approximate surface area is 133 Å². The van der Waals surface area contributed by atoms with Crippen molar-refractivity contribution in [3.05, 3.63) is 32.3 Å². The topological polar surface area (TPSA) is 48.1 Å². The maximum atomic E-state index is 5.97. The molecule has 102 valence electrons. The van der Waals surface area contributed by atoms with E-state index in [9.17, 15) is 0 Å². The lowest BCUT2D eigenvalue weighted by Crippen LogP contribution is -2.04. The molecule has 0 atom stereocenters. The molecule has 0 saturated heterocycles. The molecule has 0 unspecified atom stereocenters. The molecule has 19 heavy (non-hydrogen) atoms. The Morgan fingerprint density at radius 2 is 2.00 bits per heavy atom. The number of unbranched alkanes of at least 4 members (excludes halogenated alkanes) is 1. The van der Waals surface area contributed by atoms with Crippen molar-refractivity contribution in [2.24, 2.45) is 5.73 Å². The van der Waals surface area contributed by atoms with Crippen LogP contribution < -0.4 is 10.5 Å². The minimum atomic E-state index is 0.448. The molecule has 0 aliphatic carbocycles. The van der Waals surface area contributed by atoms with Crippen molar-refractivity contribution in [2.45, 2.75) is 12.8 Å². The zero-order valence-corrected chi connectivity index (χ0v) is 14.1. The van der Waals surface area contributed by atoms with Crippen LogP contribution in [-0.2, 0) is 0 Å². The predicted octanol–water partition coefficient (Wildman–Crippen LogP) is 4.53. The molecule has 0 amide bonds. The average molecular weight is 409 g/mol. The second-order valence-corrected chi connectivity index (χ2v) is 6.14. The molecule has 0 radical (unpaired) electrons. The fourth-order valence-corrected chi connectivity index (χ4v) is 3.26. The Morgan fingerprint density at radius 1 is 1.21 bits per heavy atom. The maximum absolute atomic E-state index is 5.97. The van der Waals surface area contributed by atoms with Crippen LogP contribution in [0.1, 0.15) is 12.8 Å². The Balaban J connectivity index is 2.38. The first-order chi connectivity index (χ1) is 9.13. The fourth-order valence-electron chi connectivity index (χ4n) is 1.73. The molecule has 3 nitrogen and oxygen atoms in total. The van der Waals surface area contributed by atoms with Gasteiger partial charge in [0.2, 0.25) is 0 Å². The summed E-state index contributed by atoms with van der Waals surface area (Å²) in [7, 11) is 0. The molecule has 2 N–H and O–H groups in total. The molecule has 2 aromatic rings. The molecule has 0 aliphatic rings. The summed E-state index contributed by atoms with van der Waals surface area (Å²) in [6.07, 6.45) is 1.86. The van der Waals surface area contributed by atoms with Gasteiger partial charge >= 0.3 is 0 Å². The van der Waals surface area contributed by atoms with Crippen molar-refractivity contribution < 1.29 is 4.74 Å². The summed E-state index contributed by atoms with van der Waals surface area (Å²) < 4.78 is 7.63. The largest absolute Gasteiger partial charge is 0.490 e. The first kappa shape index (κ1) is 15.0. The zero-order chi connectivity index (χ0) is 13.8. The highest BCUT2D eigenvalue weighted by Crippen LogP contribution is 2.38. The van der Waals surface area contributed by atoms with Crippen LogP contribution in [0.2, 0.25) is 5.15 Å². The maximum Gasteiger partial charge on any atom is 0.159 e. The molecule has 6 heteroatoms. The standard InChI is InChI=1S/C13H13Br2ClN2O/c14-9-7-10(15)13(19-6-2-1-5-17)12-8(9)3-4-11(16)18-12/h3-4,7H,1-2,5-6,17H2. The molecule has 1 aromatic carbocycles. The van der Waals surface area contributed by atoms with Gasteiger partial charge < -0.3 is 10.5 Å². The Morgan fingerprint density at radius 3 is 2.74 bits per heavy atom. The van der Waals surface area contributed by atoms with Gasteiger partial charge in [0.05, 0.1) is 11.1 Å². The SMILES string of the molecule is NCCCCOc1c(Br)cc(Br)c2ccc(Cl)nc12. The molecular formula is C13H13Br2ClN2O. The quantitative estimate of drug-likeness (QED) is 0.584. The molecule has 0 aliphatic heterocycles. The van der Waals surface area contributed by atoms with E-state index in [-0.39, 0.29) is 0 Å². The molecule has 1 aromatic heterocycles. The van der Waals surface area contributed by atoms with Gasteiger partial charge in [-0.15, -0.1) is 0 Å². The molecular weight excluding hydrogens is 395 g/mol. The average Bonchev–Trinajstić information content (AvgIpc) is 2.37. The van der Waals surface area contributed by atoms with Crippen LogP contribution in [0.5, 0.6) is 5.75 Å². The third kappa shape index (κ3) is 3.60. The van der Waals surface area contributed by atoms with Crippen molar-refractivity contribution in [3.63, 3.8) is 0 Å². The first-order valence-corrected chi connectivity index (χ1v) is 7.87. The van der Waals surface area contributed by atoms with Crippen LogP contribution in [-0.4, -0.2) is 18.1 Å². The monoisotopic (exact) mass is 406 g/mol. The third-order valence-corrected chi connectivity index (χ3v) is 4.10. The van der Waals surface area contributed by atoms with Gasteiger partial charge in [-0.05, 0) is 53.5 Å². The number of nitrogens with two attached hydrogens (primary N) is 1. The smallest absolute Gasteiger partial charge is 0.159 e. The molecule has 2 rings (SSSR count). The number of rotatable bonds is 5. The van der Waals surface area contributed by atoms with E-state index in [1.165, 1.54) is 0 Å². The van der Waals surface area contributed by atoms with Crippen LogP contribution >= 0.6 is 43.5 Å². The summed E-state index contributed by atoms with van der Waals surface area (Å²) in [4.78, 5) is 4.35. The molecule has 0 spiro atoms. The second kappa shape index (κ2) is 6.88. The van der Waals surface area contributed by atoms with E-state index in [1.54, 1.807) is 6.07 Å². The molecule has 0 fully saturated rings. The van der Waals surface area contributed by atoms with E-state index in [0.29, 0.717) is 18.3 Å². The fraction of sp³-hybridized carbons (Fsp3) is 0.308. The highest BCUT2D eigenvalue weighted by Gasteiger charge is 2.12. The second-order valence-electron chi connectivity index (χ2n) is 4.04. The number of nitrogens with zero attached hydrogens (tertiary/aromatic N) is 1. The van der Waals surface area contributed by atoms with Crippen LogP contribution in [0.15, 0.2) is 27.1 Å². The lowest BCUT2D eigenvalue weighted by molar-refractivity contribution is 0.309. The third-order valence-electron chi connectivity index (χ3n) is 2.65. The highest BCUT2D eigenvalue weighted by atomic mass is 79.9. The van der Waals surface area contributed by atoms with Gasteiger partial charge in [0.25, 0.3) is 0 Å². The van der Waals surface area contributed by atoms with Crippen LogP contribution in [0.3, 0.4) is 0 Å². The number of fused-ring (bicyclic) bond motifs is 1. The summed E-state index contributed by atoms with van der Waals surface area (Å²) in [6, 6.07) is 5.64. The van der Waals surface area contributed by atoms with Gasteiger partial charge in [-0.3, -0.25) is 0 Å². The summed E-state index contributed by atoms with van der Waals surface area (Å²) in [5, 5.41) is 1.42. The Bertz CT molecular complexity index is 592. The number of pyridine rings is 1. The molecule has 0 bridgehead atoms. The molecule has 1 heterocycles. The van der Waals surface area contributed by atoms with E-state index in [0.717, 1.165) is 38.4 Å². The van der Waals surface area contributed by atoms with E-state index < -0.39 is 0 Å². The van der Waals surface area contributed by atoms with Crippen molar-refractivity contribution >= 4 is 54.4 Å². The minimum Gasteiger partial charge on any atom is -0.490 e. The predicted molar refractivity (Wildman–Crippen MR) is 85.9 cm³/mol. The van der Waals surface area contributed by atoms with Gasteiger partial charge in [-0.25, -0.2) is 4.98 Å². The van der Waals surface area contributed by atoms with Crippen LogP contribution in [0.4, 0.5) is 0 Å². The Kier molecular flexibility index (Phi) is 5.45. The normalized spacial score (nSPS) is 10.9. The summed E-state index contributed by atoms with van der Waals surface area (Å²) in [5.41, 5.74) is 6.22. The van der Waals surface area contributed by atoms with E-state index >= 15 is 0 Å². The summed E-state index contributed by atoms with van der Waals surface area (Å²) in [5.74, 6) is 0.720. The van der Waals surface area contributed by atoms with E-state index in [4.69, 9.17) is 22.1 Å². The summed E-state index contributed by atoms with van der Waals surface area (Å²) in [6.45, 7) is 1.29. The number of hydrogen-bond donors (Lipinski definition) is 1. The number of hydrogen-bond acceptors (Lipinski definition) is 3. The van der Waals surface area contributed by atoms with Gasteiger partial charge in [-0.1, -0.05) is 27.5 Å². The van der Waals surface area contributed by atoms with Crippen molar-refractivity contribution in [1.29, 1.82) is 0 Å². The van der Waals surface area contributed by atoms with E-state index in [2.05, 4.69) is 36.8 Å². The summed E-state index contributed by atoms with van der Waals surface area (Å²) >= 11 is 13.0. The number of ether oxygens (including phenoxy) is 1. The van der Waals surface area contributed by atoms with E-state index in [1.807, 2.05) is 12.1 Å². The van der Waals surface area contributed by atoms with Gasteiger partial charge in [0, 0.05) is 9.86 Å². The Hall–Kier alpha value is -0.360. The lowest BCUT2D eigenvalue weighted by atomic mass is 10.2. The minimum absolute atomic E-state index is 0.448. The number of aromatic nitrogens is 1.